The van der Waals surface area contributed by atoms with E-state index >= 15 is 0 Å². The maximum atomic E-state index is 11.6. The molecule has 4 heteroatoms. The van der Waals surface area contributed by atoms with Gasteiger partial charge < -0.3 is 10.6 Å². The summed E-state index contributed by atoms with van der Waals surface area (Å²) in [5.41, 5.74) is 2.22. The minimum atomic E-state index is -0.503. The van der Waals surface area contributed by atoms with Crippen molar-refractivity contribution >= 4 is 11.8 Å². The van der Waals surface area contributed by atoms with E-state index in [0.29, 0.717) is 6.54 Å². The van der Waals surface area contributed by atoms with Crippen molar-refractivity contribution in [2.24, 2.45) is 0 Å². The SMILES string of the molecule is CC(=O)N[C@H](C)C(=O)NCc1ccccc1C. The Kier molecular flexibility index (Phi) is 4.69. The average molecular weight is 234 g/mol. The van der Waals surface area contributed by atoms with Crippen molar-refractivity contribution in [1.29, 1.82) is 0 Å². The minimum absolute atomic E-state index is 0.177. The van der Waals surface area contributed by atoms with Crippen molar-refractivity contribution in [3.63, 3.8) is 0 Å². The summed E-state index contributed by atoms with van der Waals surface area (Å²) >= 11 is 0. The molecule has 0 aliphatic rings. The number of benzene rings is 1. The highest BCUT2D eigenvalue weighted by molar-refractivity contribution is 5.86. The van der Waals surface area contributed by atoms with E-state index < -0.39 is 6.04 Å². The van der Waals surface area contributed by atoms with E-state index in [9.17, 15) is 9.59 Å². The molecule has 0 saturated carbocycles. The molecule has 92 valence electrons. The third-order valence-electron chi connectivity index (χ3n) is 2.53. The number of rotatable bonds is 4. The molecule has 17 heavy (non-hydrogen) atoms. The van der Waals surface area contributed by atoms with Crippen molar-refractivity contribution in [1.82, 2.24) is 10.6 Å². The molecule has 0 aliphatic carbocycles. The fourth-order valence-corrected chi connectivity index (χ4v) is 1.51. The van der Waals surface area contributed by atoms with Crippen LogP contribution in [0.1, 0.15) is 25.0 Å². The molecule has 0 aliphatic heterocycles. The van der Waals surface area contributed by atoms with Gasteiger partial charge in [0.2, 0.25) is 11.8 Å². The number of hydrogen-bond donors (Lipinski definition) is 2. The topological polar surface area (TPSA) is 58.2 Å². The summed E-state index contributed by atoms with van der Waals surface area (Å²) in [7, 11) is 0. The van der Waals surface area contributed by atoms with E-state index in [1.165, 1.54) is 6.92 Å². The van der Waals surface area contributed by atoms with Crippen LogP contribution in [-0.4, -0.2) is 17.9 Å². The van der Waals surface area contributed by atoms with Gasteiger partial charge in [-0.05, 0) is 25.0 Å². The molecule has 1 aromatic rings. The van der Waals surface area contributed by atoms with Crippen LogP contribution >= 0.6 is 0 Å². The third kappa shape index (κ3) is 4.26. The molecule has 0 aromatic heterocycles. The summed E-state index contributed by atoms with van der Waals surface area (Å²) in [6.45, 7) is 5.54. The zero-order chi connectivity index (χ0) is 12.8. The van der Waals surface area contributed by atoms with Crippen molar-refractivity contribution < 1.29 is 9.59 Å². The molecule has 0 saturated heterocycles. The van der Waals surface area contributed by atoms with Gasteiger partial charge in [0.05, 0.1) is 0 Å². The number of nitrogens with one attached hydrogen (secondary N) is 2. The van der Waals surface area contributed by atoms with E-state index in [1.54, 1.807) is 6.92 Å². The second-order valence-electron chi connectivity index (χ2n) is 4.07. The third-order valence-corrected chi connectivity index (χ3v) is 2.53. The van der Waals surface area contributed by atoms with E-state index in [0.717, 1.165) is 11.1 Å². The Balaban J connectivity index is 2.48. The summed E-state index contributed by atoms with van der Waals surface area (Å²) in [6.07, 6.45) is 0. The molecule has 4 nitrogen and oxygen atoms in total. The van der Waals surface area contributed by atoms with Crippen LogP contribution in [0.15, 0.2) is 24.3 Å². The molecule has 0 spiro atoms. The summed E-state index contributed by atoms with van der Waals surface area (Å²) in [6, 6.07) is 7.36. The Hall–Kier alpha value is -1.84. The number of amides is 2. The zero-order valence-electron chi connectivity index (χ0n) is 10.4. The van der Waals surface area contributed by atoms with Crippen LogP contribution in [0.25, 0.3) is 0 Å². The van der Waals surface area contributed by atoms with Crippen LogP contribution in [-0.2, 0) is 16.1 Å². The van der Waals surface area contributed by atoms with Gasteiger partial charge in [0.15, 0.2) is 0 Å². The monoisotopic (exact) mass is 234 g/mol. The first-order valence-electron chi connectivity index (χ1n) is 5.60. The Labute approximate surface area is 101 Å². The van der Waals surface area contributed by atoms with Gasteiger partial charge in [0, 0.05) is 13.5 Å². The van der Waals surface area contributed by atoms with Gasteiger partial charge in [-0.15, -0.1) is 0 Å². The van der Waals surface area contributed by atoms with Crippen LogP contribution in [0, 0.1) is 6.92 Å². The smallest absolute Gasteiger partial charge is 0.242 e. The largest absolute Gasteiger partial charge is 0.350 e. The van der Waals surface area contributed by atoms with Crippen LogP contribution in [0.2, 0.25) is 0 Å². The summed E-state index contributed by atoms with van der Waals surface area (Å²) in [4.78, 5) is 22.4. The van der Waals surface area contributed by atoms with Gasteiger partial charge in [0.25, 0.3) is 0 Å². The van der Waals surface area contributed by atoms with Gasteiger partial charge in [-0.25, -0.2) is 0 Å². The second kappa shape index (κ2) is 6.03. The normalized spacial score (nSPS) is 11.7. The Morgan fingerprint density at radius 3 is 2.53 bits per heavy atom. The predicted molar refractivity (Wildman–Crippen MR) is 66.3 cm³/mol. The molecule has 2 amide bonds. The number of carbonyl (C=O) groups excluding carboxylic acids is 2. The lowest BCUT2D eigenvalue weighted by molar-refractivity contribution is -0.127. The molecule has 0 bridgehead atoms. The van der Waals surface area contributed by atoms with Gasteiger partial charge in [-0.3, -0.25) is 9.59 Å². The quantitative estimate of drug-likeness (QED) is 0.820. The van der Waals surface area contributed by atoms with Gasteiger partial charge in [-0.1, -0.05) is 24.3 Å². The summed E-state index contributed by atoms with van der Waals surface area (Å²) in [5.74, 6) is -0.382. The van der Waals surface area contributed by atoms with Crippen LogP contribution in [0.4, 0.5) is 0 Å². The Morgan fingerprint density at radius 2 is 1.94 bits per heavy atom. The van der Waals surface area contributed by atoms with E-state index in [4.69, 9.17) is 0 Å². The summed E-state index contributed by atoms with van der Waals surface area (Å²) < 4.78 is 0. The number of hydrogen-bond acceptors (Lipinski definition) is 2. The maximum absolute atomic E-state index is 11.6. The molecule has 1 atom stereocenters. The fraction of sp³-hybridized carbons (Fsp3) is 0.385. The Bertz CT molecular complexity index is 416. The van der Waals surface area contributed by atoms with Crippen molar-refractivity contribution in [2.45, 2.75) is 33.4 Å². The molecular weight excluding hydrogens is 216 g/mol. The van der Waals surface area contributed by atoms with Crippen LogP contribution < -0.4 is 10.6 Å². The first kappa shape index (κ1) is 13.2. The zero-order valence-corrected chi connectivity index (χ0v) is 10.4. The number of carbonyl (C=O) groups is 2. The maximum Gasteiger partial charge on any atom is 0.242 e. The lowest BCUT2D eigenvalue weighted by atomic mass is 10.1. The molecule has 1 rings (SSSR count). The van der Waals surface area contributed by atoms with E-state index in [-0.39, 0.29) is 11.8 Å². The highest BCUT2D eigenvalue weighted by Crippen LogP contribution is 2.05. The van der Waals surface area contributed by atoms with Crippen molar-refractivity contribution in [2.75, 3.05) is 0 Å². The molecular formula is C13H18N2O2. The molecule has 2 N–H and O–H groups in total. The Morgan fingerprint density at radius 1 is 1.29 bits per heavy atom. The average Bonchev–Trinajstić information content (AvgIpc) is 2.26. The van der Waals surface area contributed by atoms with E-state index in [2.05, 4.69) is 10.6 Å². The number of aryl methyl sites for hydroxylation is 1. The molecule has 0 radical (unpaired) electrons. The van der Waals surface area contributed by atoms with Gasteiger partial charge >= 0.3 is 0 Å². The lowest BCUT2D eigenvalue weighted by Crippen LogP contribution is -2.43. The fourth-order valence-electron chi connectivity index (χ4n) is 1.51. The first-order chi connectivity index (χ1) is 8.00. The van der Waals surface area contributed by atoms with Crippen LogP contribution in [0.5, 0.6) is 0 Å². The van der Waals surface area contributed by atoms with Gasteiger partial charge in [-0.2, -0.15) is 0 Å². The van der Waals surface area contributed by atoms with Crippen LogP contribution in [0.3, 0.4) is 0 Å². The minimum Gasteiger partial charge on any atom is -0.350 e. The first-order valence-corrected chi connectivity index (χ1v) is 5.60. The molecule has 0 unspecified atom stereocenters. The second-order valence-corrected chi connectivity index (χ2v) is 4.07. The highest BCUT2D eigenvalue weighted by atomic mass is 16.2. The molecule has 0 heterocycles. The van der Waals surface area contributed by atoms with Gasteiger partial charge in [0.1, 0.15) is 6.04 Å². The lowest BCUT2D eigenvalue weighted by Gasteiger charge is -2.13. The predicted octanol–water partition coefficient (Wildman–Crippen LogP) is 1.14. The standard InChI is InChI=1S/C13H18N2O2/c1-9-6-4-5-7-12(9)8-14-13(17)10(2)15-11(3)16/h4-7,10H,8H2,1-3H3,(H,14,17)(H,15,16)/t10-/m1/s1. The summed E-state index contributed by atoms with van der Waals surface area (Å²) in [5, 5.41) is 5.33. The van der Waals surface area contributed by atoms with Crippen molar-refractivity contribution in [3.05, 3.63) is 35.4 Å². The van der Waals surface area contributed by atoms with E-state index in [1.807, 2.05) is 31.2 Å². The molecule has 1 aromatic carbocycles. The molecule has 0 fully saturated rings. The highest BCUT2D eigenvalue weighted by Gasteiger charge is 2.12. The van der Waals surface area contributed by atoms with Crippen molar-refractivity contribution in [3.8, 4) is 0 Å².